The molecule has 1 aliphatic rings. The molecule has 31 heavy (non-hydrogen) atoms. The van der Waals surface area contributed by atoms with Crippen LogP contribution in [0, 0.1) is 6.92 Å². The first kappa shape index (κ1) is 20.3. The number of rotatable bonds is 5. The molecule has 0 spiro atoms. The van der Waals surface area contributed by atoms with E-state index in [4.69, 9.17) is 15.2 Å². The number of fused-ring (bicyclic) bond motifs is 1. The lowest BCUT2D eigenvalue weighted by atomic mass is 9.84. The highest BCUT2D eigenvalue weighted by Crippen LogP contribution is 2.41. The van der Waals surface area contributed by atoms with E-state index in [1.165, 1.54) is 0 Å². The number of ether oxygens (including phenoxy) is 2. The van der Waals surface area contributed by atoms with E-state index in [1.54, 1.807) is 48.3 Å². The van der Waals surface area contributed by atoms with Gasteiger partial charge in [0.25, 0.3) is 5.56 Å². The number of nitrogens with zero attached hydrogens (tertiary/aromatic N) is 3. The van der Waals surface area contributed by atoms with Gasteiger partial charge in [-0.2, -0.15) is 0 Å². The minimum absolute atomic E-state index is 0.0823. The largest absolute Gasteiger partial charge is 0.462 e. The average molecular weight is 418 g/mol. The van der Waals surface area contributed by atoms with Gasteiger partial charge in [0.1, 0.15) is 11.3 Å². The lowest BCUT2D eigenvalue weighted by Crippen LogP contribution is -2.35. The zero-order valence-electron chi connectivity index (χ0n) is 17.2. The summed E-state index contributed by atoms with van der Waals surface area (Å²) in [6.45, 7) is 3.97. The fourth-order valence-electron chi connectivity index (χ4n) is 3.72. The number of hydrogen-bond donors (Lipinski definition) is 1. The summed E-state index contributed by atoms with van der Waals surface area (Å²) in [6.07, 6.45) is 4.90. The minimum Gasteiger partial charge on any atom is -0.462 e. The predicted molar refractivity (Wildman–Crippen MR) is 113 cm³/mol. The van der Waals surface area contributed by atoms with E-state index in [1.807, 2.05) is 25.1 Å². The molecule has 1 atom stereocenters. The molecule has 0 bridgehead atoms. The van der Waals surface area contributed by atoms with Crippen molar-refractivity contribution < 1.29 is 14.3 Å². The van der Waals surface area contributed by atoms with Crippen LogP contribution in [0.1, 0.15) is 35.4 Å². The summed E-state index contributed by atoms with van der Waals surface area (Å²) in [4.78, 5) is 34.9. The molecule has 3 aromatic rings. The van der Waals surface area contributed by atoms with Crippen molar-refractivity contribution in [3.8, 4) is 5.75 Å². The van der Waals surface area contributed by atoms with Crippen molar-refractivity contribution in [1.29, 1.82) is 0 Å². The van der Waals surface area contributed by atoms with Gasteiger partial charge in [0.15, 0.2) is 0 Å². The van der Waals surface area contributed by atoms with Crippen LogP contribution in [0.4, 0.5) is 0 Å². The van der Waals surface area contributed by atoms with Gasteiger partial charge in [0.2, 0.25) is 5.88 Å². The second-order valence-electron chi connectivity index (χ2n) is 7.10. The monoisotopic (exact) mass is 418 g/mol. The molecule has 1 unspecified atom stereocenters. The molecule has 158 valence electrons. The maximum atomic E-state index is 13.7. The number of nitrogens with two attached hydrogens (primary N) is 1. The lowest BCUT2D eigenvalue weighted by Gasteiger charge is -2.28. The highest BCUT2D eigenvalue weighted by atomic mass is 16.5. The van der Waals surface area contributed by atoms with Gasteiger partial charge in [0.05, 0.1) is 30.3 Å². The fraction of sp³-hybridized carbons (Fsp3) is 0.217. The van der Waals surface area contributed by atoms with E-state index in [2.05, 4.69) is 9.97 Å². The molecule has 0 fully saturated rings. The molecule has 4 heterocycles. The zero-order valence-corrected chi connectivity index (χ0v) is 17.2. The SMILES string of the molecule is CCOC(=O)C1=C(N)Oc2cc(C)n(Cc3ccccn3)c(=O)c2C1c1cccnc1. The van der Waals surface area contributed by atoms with Crippen LogP contribution in [-0.4, -0.2) is 27.1 Å². The first-order valence-electron chi connectivity index (χ1n) is 9.90. The van der Waals surface area contributed by atoms with Gasteiger partial charge >= 0.3 is 5.97 Å². The molecule has 8 heteroatoms. The van der Waals surface area contributed by atoms with Crippen molar-refractivity contribution in [3.05, 3.63) is 99.3 Å². The molecule has 0 saturated heterocycles. The second kappa shape index (κ2) is 8.43. The van der Waals surface area contributed by atoms with Crippen LogP contribution in [0.15, 0.2) is 71.2 Å². The van der Waals surface area contributed by atoms with Gasteiger partial charge in [-0.25, -0.2) is 4.79 Å². The number of aromatic nitrogens is 3. The van der Waals surface area contributed by atoms with Gasteiger partial charge in [-0.15, -0.1) is 0 Å². The van der Waals surface area contributed by atoms with E-state index < -0.39 is 11.9 Å². The summed E-state index contributed by atoms with van der Waals surface area (Å²) >= 11 is 0. The van der Waals surface area contributed by atoms with Gasteiger partial charge in [0, 0.05) is 30.4 Å². The highest BCUT2D eigenvalue weighted by molar-refractivity contribution is 5.92. The Bertz CT molecular complexity index is 1200. The molecule has 8 nitrogen and oxygen atoms in total. The summed E-state index contributed by atoms with van der Waals surface area (Å²) < 4.78 is 12.6. The van der Waals surface area contributed by atoms with Crippen LogP contribution in [0.5, 0.6) is 5.75 Å². The topological polar surface area (TPSA) is 109 Å². The standard InChI is InChI=1S/C23H22N4O4/c1-3-30-23(29)20-18(15-7-6-9-25-12-15)19-17(31-21(20)24)11-14(2)27(22(19)28)13-16-8-4-5-10-26-16/h4-12,18H,3,13,24H2,1-2H3. The highest BCUT2D eigenvalue weighted by Gasteiger charge is 2.38. The minimum atomic E-state index is -0.764. The summed E-state index contributed by atoms with van der Waals surface area (Å²) in [5.41, 5.74) is 8.31. The third-order valence-electron chi connectivity index (χ3n) is 5.13. The Morgan fingerprint density at radius 1 is 1.26 bits per heavy atom. The molecule has 0 radical (unpaired) electrons. The third-order valence-corrected chi connectivity index (χ3v) is 5.13. The van der Waals surface area contributed by atoms with E-state index in [9.17, 15) is 9.59 Å². The summed E-state index contributed by atoms with van der Waals surface area (Å²) in [5.74, 6) is -1.16. The Morgan fingerprint density at radius 3 is 2.77 bits per heavy atom. The quantitative estimate of drug-likeness (QED) is 0.633. The number of hydrogen-bond acceptors (Lipinski definition) is 7. The second-order valence-corrected chi connectivity index (χ2v) is 7.10. The fourth-order valence-corrected chi connectivity index (χ4v) is 3.72. The van der Waals surface area contributed by atoms with Crippen molar-refractivity contribution in [2.45, 2.75) is 26.3 Å². The number of pyridine rings is 3. The Morgan fingerprint density at radius 2 is 2.10 bits per heavy atom. The van der Waals surface area contributed by atoms with Crippen LogP contribution >= 0.6 is 0 Å². The van der Waals surface area contributed by atoms with Crippen molar-refractivity contribution in [2.24, 2.45) is 5.73 Å². The molecular formula is C23H22N4O4. The average Bonchev–Trinajstić information content (AvgIpc) is 2.77. The predicted octanol–water partition coefficient (Wildman–Crippen LogP) is 2.25. The molecule has 4 rings (SSSR count). The molecule has 0 aromatic carbocycles. The first-order valence-corrected chi connectivity index (χ1v) is 9.90. The van der Waals surface area contributed by atoms with Gasteiger partial charge in [-0.3, -0.25) is 14.8 Å². The van der Waals surface area contributed by atoms with E-state index in [0.29, 0.717) is 22.6 Å². The van der Waals surface area contributed by atoms with Crippen molar-refractivity contribution in [2.75, 3.05) is 6.61 Å². The van der Waals surface area contributed by atoms with Crippen molar-refractivity contribution >= 4 is 5.97 Å². The van der Waals surface area contributed by atoms with Crippen LogP contribution in [0.2, 0.25) is 0 Å². The molecular weight excluding hydrogens is 396 g/mol. The molecule has 2 N–H and O–H groups in total. The molecule has 3 aromatic heterocycles. The van der Waals surface area contributed by atoms with E-state index in [0.717, 1.165) is 5.69 Å². The molecule has 0 saturated carbocycles. The smallest absolute Gasteiger partial charge is 0.340 e. The zero-order chi connectivity index (χ0) is 22.0. The van der Waals surface area contributed by atoms with Gasteiger partial charge in [-0.1, -0.05) is 12.1 Å². The maximum Gasteiger partial charge on any atom is 0.340 e. The lowest BCUT2D eigenvalue weighted by molar-refractivity contribution is -0.139. The van der Waals surface area contributed by atoms with Gasteiger partial charge < -0.3 is 19.8 Å². The van der Waals surface area contributed by atoms with Crippen LogP contribution in [-0.2, 0) is 16.1 Å². The molecule has 0 aliphatic carbocycles. The van der Waals surface area contributed by atoms with Crippen LogP contribution in [0.25, 0.3) is 0 Å². The maximum absolute atomic E-state index is 13.7. The Hall–Kier alpha value is -3.94. The van der Waals surface area contributed by atoms with E-state index >= 15 is 0 Å². The first-order chi connectivity index (χ1) is 15.0. The van der Waals surface area contributed by atoms with Crippen LogP contribution in [0.3, 0.4) is 0 Å². The summed E-state index contributed by atoms with van der Waals surface area (Å²) in [7, 11) is 0. The Kier molecular flexibility index (Phi) is 5.53. The normalized spacial score (nSPS) is 15.2. The van der Waals surface area contributed by atoms with E-state index in [-0.39, 0.29) is 30.2 Å². The number of carbonyl (C=O) groups is 1. The van der Waals surface area contributed by atoms with Crippen molar-refractivity contribution in [1.82, 2.24) is 14.5 Å². The summed E-state index contributed by atoms with van der Waals surface area (Å²) in [6, 6.07) is 10.8. The van der Waals surface area contributed by atoms with Crippen molar-refractivity contribution in [3.63, 3.8) is 0 Å². The Balaban J connectivity index is 1.92. The van der Waals surface area contributed by atoms with Gasteiger partial charge in [-0.05, 0) is 37.6 Å². The molecule has 0 amide bonds. The number of carbonyl (C=O) groups excluding carboxylic acids is 1. The molecule has 1 aliphatic heterocycles. The third kappa shape index (κ3) is 3.79. The number of aryl methyl sites for hydroxylation is 1. The summed E-state index contributed by atoms with van der Waals surface area (Å²) in [5, 5.41) is 0. The number of esters is 1. The Labute approximate surface area is 179 Å². The van der Waals surface area contributed by atoms with Crippen LogP contribution < -0.4 is 16.0 Å².